The number of amides is 1. The average Bonchev–Trinajstić information content (AvgIpc) is 2.74. The maximum atomic E-state index is 13.8. The smallest absolute Gasteiger partial charge is 0.273 e. The SMILES string of the molecule is Cc1cc(OCc2ccc(F)cc2F)c(Cl)c(=O)n1Cc1ccc(NC(=O)C(C)(C)N)cc1. The summed E-state index contributed by atoms with van der Waals surface area (Å²) in [6, 6.07) is 11.7. The van der Waals surface area contributed by atoms with Crippen LogP contribution >= 0.6 is 11.6 Å². The number of ether oxygens (including phenoxy) is 1. The highest BCUT2D eigenvalue weighted by molar-refractivity contribution is 6.31. The van der Waals surface area contributed by atoms with Gasteiger partial charge in [-0.1, -0.05) is 23.7 Å². The van der Waals surface area contributed by atoms with Crippen LogP contribution in [-0.4, -0.2) is 16.0 Å². The summed E-state index contributed by atoms with van der Waals surface area (Å²) in [5.41, 5.74) is 6.42. The van der Waals surface area contributed by atoms with Gasteiger partial charge in [0.2, 0.25) is 5.91 Å². The number of hydrogen-bond acceptors (Lipinski definition) is 4. The number of carbonyl (C=O) groups excluding carboxylic acids is 1. The van der Waals surface area contributed by atoms with Crippen molar-refractivity contribution in [2.75, 3.05) is 5.32 Å². The van der Waals surface area contributed by atoms with Crippen molar-refractivity contribution < 1.29 is 18.3 Å². The van der Waals surface area contributed by atoms with Gasteiger partial charge in [-0.3, -0.25) is 9.59 Å². The molecule has 1 aromatic heterocycles. The van der Waals surface area contributed by atoms with Crippen molar-refractivity contribution >= 4 is 23.2 Å². The Hall–Kier alpha value is -3.23. The van der Waals surface area contributed by atoms with Crippen molar-refractivity contribution in [3.63, 3.8) is 0 Å². The van der Waals surface area contributed by atoms with Gasteiger partial charge in [-0.15, -0.1) is 0 Å². The highest BCUT2D eigenvalue weighted by atomic mass is 35.5. The zero-order chi connectivity index (χ0) is 24.3. The fourth-order valence-electron chi connectivity index (χ4n) is 2.98. The predicted octanol–water partition coefficient (Wildman–Crippen LogP) is 4.39. The number of halogens is 3. The lowest BCUT2D eigenvalue weighted by Crippen LogP contribution is -2.45. The number of hydrogen-bond donors (Lipinski definition) is 2. The number of nitrogens with two attached hydrogens (primary N) is 1. The second-order valence-corrected chi connectivity index (χ2v) is 8.63. The van der Waals surface area contributed by atoms with Crippen LogP contribution in [0.4, 0.5) is 14.5 Å². The van der Waals surface area contributed by atoms with Crippen LogP contribution in [0.2, 0.25) is 5.02 Å². The molecule has 3 rings (SSSR count). The zero-order valence-electron chi connectivity index (χ0n) is 18.4. The number of aryl methyl sites for hydroxylation is 1. The summed E-state index contributed by atoms with van der Waals surface area (Å²) >= 11 is 6.22. The van der Waals surface area contributed by atoms with Gasteiger partial charge < -0.3 is 20.4 Å². The molecule has 0 spiro atoms. The highest BCUT2D eigenvalue weighted by Crippen LogP contribution is 2.24. The fraction of sp³-hybridized carbons (Fsp3) is 0.250. The van der Waals surface area contributed by atoms with Crippen LogP contribution in [-0.2, 0) is 17.9 Å². The third-order valence-corrected chi connectivity index (χ3v) is 5.30. The Morgan fingerprint density at radius 1 is 1.15 bits per heavy atom. The summed E-state index contributed by atoms with van der Waals surface area (Å²) < 4.78 is 33.9. The number of anilines is 1. The Bertz CT molecular complexity index is 1240. The third kappa shape index (κ3) is 5.97. The minimum atomic E-state index is -1.01. The number of nitrogens with zero attached hydrogens (tertiary/aromatic N) is 1. The summed E-state index contributed by atoms with van der Waals surface area (Å²) in [6.45, 7) is 4.98. The molecule has 2 aromatic carbocycles. The summed E-state index contributed by atoms with van der Waals surface area (Å²) in [7, 11) is 0. The standard InChI is InChI=1S/C24H24ClF2N3O3/c1-14-10-20(33-13-16-6-7-17(26)11-19(16)27)21(25)22(31)30(14)12-15-4-8-18(9-5-15)29-23(32)24(2,3)28/h4-11H,12-13,28H2,1-3H3,(H,29,32). The number of carbonyl (C=O) groups is 1. The van der Waals surface area contributed by atoms with E-state index in [2.05, 4.69) is 5.32 Å². The van der Waals surface area contributed by atoms with Crippen LogP contribution in [0.1, 0.15) is 30.7 Å². The van der Waals surface area contributed by atoms with Gasteiger partial charge in [0.05, 0.1) is 12.1 Å². The van der Waals surface area contributed by atoms with Crippen molar-refractivity contribution in [3.05, 3.63) is 92.4 Å². The molecule has 0 saturated carbocycles. The molecule has 174 valence electrons. The maximum Gasteiger partial charge on any atom is 0.273 e. The number of rotatable bonds is 7. The molecular formula is C24H24ClF2N3O3. The molecular weight excluding hydrogens is 452 g/mol. The van der Waals surface area contributed by atoms with Crippen LogP contribution in [0.15, 0.2) is 53.3 Å². The molecule has 0 aliphatic heterocycles. The molecule has 1 amide bonds. The van der Waals surface area contributed by atoms with Gasteiger partial charge in [-0.05, 0) is 50.6 Å². The van der Waals surface area contributed by atoms with Crippen molar-refractivity contribution in [1.82, 2.24) is 4.57 Å². The molecule has 9 heteroatoms. The van der Waals surface area contributed by atoms with Gasteiger partial charge in [0, 0.05) is 29.1 Å². The molecule has 3 aromatic rings. The average molecular weight is 476 g/mol. The summed E-state index contributed by atoms with van der Waals surface area (Å²) in [5, 5.41) is 2.59. The van der Waals surface area contributed by atoms with E-state index in [4.69, 9.17) is 22.1 Å². The first-order valence-electron chi connectivity index (χ1n) is 10.1. The lowest BCUT2D eigenvalue weighted by Gasteiger charge is -2.18. The predicted molar refractivity (Wildman–Crippen MR) is 124 cm³/mol. The third-order valence-electron chi connectivity index (χ3n) is 4.95. The molecule has 0 fully saturated rings. The highest BCUT2D eigenvalue weighted by Gasteiger charge is 2.21. The van der Waals surface area contributed by atoms with Gasteiger partial charge in [-0.25, -0.2) is 8.78 Å². The molecule has 0 aliphatic rings. The lowest BCUT2D eigenvalue weighted by molar-refractivity contribution is -0.120. The largest absolute Gasteiger partial charge is 0.487 e. The molecule has 0 unspecified atom stereocenters. The Morgan fingerprint density at radius 3 is 2.42 bits per heavy atom. The first kappa shape index (κ1) is 24.4. The van der Waals surface area contributed by atoms with E-state index in [0.29, 0.717) is 11.4 Å². The first-order chi connectivity index (χ1) is 15.5. The zero-order valence-corrected chi connectivity index (χ0v) is 19.2. The summed E-state index contributed by atoms with van der Waals surface area (Å²) in [4.78, 5) is 24.8. The number of aromatic nitrogens is 1. The number of nitrogens with one attached hydrogen (secondary N) is 1. The van der Waals surface area contributed by atoms with E-state index in [1.54, 1.807) is 51.1 Å². The van der Waals surface area contributed by atoms with Gasteiger partial charge in [0.15, 0.2) is 0 Å². The van der Waals surface area contributed by atoms with E-state index in [0.717, 1.165) is 17.7 Å². The Labute approximate surface area is 194 Å². The van der Waals surface area contributed by atoms with Gasteiger partial charge in [-0.2, -0.15) is 0 Å². The van der Waals surface area contributed by atoms with Crippen molar-refractivity contribution in [1.29, 1.82) is 0 Å². The normalized spacial score (nSPS) is 11.4. The van der Waals surface area contributed by atoms with Crippen LogP contribution in [0.25, 0.3) is 0 Å². The van der Waals surface area contributed by atoms with Gasteiger partial charge >= 0.3 is 0 Å². The van der Waals surface area contributed by atoms with Crippen LogP contribution in [0.3, 0.4) is 0 Å². The van der Waals surface area contributed by atoms with E-state index in [9.17, 15) is 18.4 Å². The van der Waals surface area contributed by atoms with E-state index in [1.165, 1.54) is 10.6 Å². The van der Waals surface area contributed by atoms with Gasteiger partial charge in [0.1, 0.15) is 29.0 Å². The molecule has 0 aliphatic carbocycles. The Balaban J connectivity index is 1.75. The van der Waals surface area contributed by atoms with Crippen LogP contribution in [0.5, 0.6) is 5.75 Å². The molecule has 33 heavy (non-hydrogen) atoms. The minimum absolute atomic E-state index is 0.113. The number of benzene rings is 2. The molecule has 3 N–H and O–H groups in total. The van der Waals surface area contributed by atoms with E-state index >= 15 is 0 Å². The van der Waals surface area contributed by atoms with Crippen molar-refractivity contribution in [2.45, 2.75) is 39.5 Å². The van der Waals surface area contributed by atoms with Crippen LogP contribution in [0, 0.1) is 18.6 Å². The van der Waals surface area contributed by atoms with E-state index in [-0.39, 0.29) is 35.4 Å². The van der Waals surface area contributed by atoms with Crippen molar-refractivity contribution in [3.8, 4) is 5.75 Å². The summed E-state index contributed by atoms with van der Waals surface area (Å²) in [5.74, 6) is -1.64. The maximum absolute atomic E-state index is 13.8. The second kappa shape index (κ2) is 9.72. The fourth-order valence-corrected chi connectivity index (χ4v) is 3.19. The molecule has 0 bridgehead atoms. The monoisotopic (exact) mass is 475 g/mol. The van der Waals surface area contributed by atoms with E-state index in [1.807, 2.05) is 0 Å². The molecule has 6 nitrogen and oxygen atoms in total. The quantitative estimate of drug-likeness (QED) is 0.530. The summed E-state index contributed by atoms with van der Waals surface area (Å²) in [6.07, 6.45) is 0. The second-order valence-electron chi connectivity index (χ2n) is 8.25. The van der Waals surface area contributed by atoms with Crippen LogP contribution < -0.4 is 21.3 Å². The Kier molecular flexibility index (Phi) is 7.19. The topological polar surface area (TPSA) is 86.3 Å². The molecule has 1 heterocycles. The minimum Gasteiger partial charge on any atom is -0.487 e. The van der Waals surface area contributed by atoms with E-state index < -0.39 is 22.7 Å². The first-order valence-corrected chi connectivity index (χ1v) is 10.5. The Morgan fingerprint density at radius 2 is 1.82 bits per heavy atom. The number of pyridine rings is 1. The molecule has 0 atom stereocenters. The lowest BCUT2D eigenvalue weighted by atomic mass is 10.1. The van der Waals surface area contributed by atoms with Gasteiger partial charge in [0.25, 0.3) is 5.56 Å². The van der Waals surface area contributed by atoms with Crippen molar-refractivity contribution in [2.24, 2.45) is 5.73 Å². The molecule has 0 radical (unpaired) electrons. The molecule has 0 saturated heterocycles.